The van der Waals surface area contributed by atoms with Crippen LogP contribution in [0.4, 0.5) is 0 Å². The Morgan fingerprint density at radius 1 is 1.77 bits per heavy atom. The molecule has 4 nitrogen and oxygen atoms in total. The minimum Gasteiger partial charge on any atom is -0.480 e. The Balaban J connectivity index is 2.40. The van der Waals surface area contributed by atoms with Gasteiger partial charge in [0.05, 0.1) is 6.10 Å². The van der Waals surface area contributed by atoms with Crippen molar-refractivity contribution in [3.05, 3.63) is 0 Å². The van der Waals surface area contributed by atoms with Crippen molar-refractivity contribution < 1.29 is 14.6 Å². The maximum absolute atomic E-state index is 10.8. The van der Waals surface area contributed by atoms with Gasteiger partial charge in [0, 0.05) is 6.61 Å². The Labute approximate surface area is 78.3 Å². The van der Waals surface area contributed by atoms with Crippen LogP contribution in [-0.2, 0) is 9.53 Å². The molecule has 1 aliphatic heterocycles. The molecule has 1 saturated heterocycles. The minimum absolute atomic E-state index is 0.135. The molecule has 0 aliphatic carbocycles. The number of carbonyl (C=O) groups is 1. The Morgan fingerprint density at radius 3 is 3.00 bits per heavy atom. The largest absolute Gasteiger partial charge is 0.480 e. The third-order valence-corrected chi connectivity index (χ3v) is 2.22. The number of hydrogen-bond acceptors (Lipinski definition) is 3. The summed E-state index contributed by atoms with van der Waals surface area (Å²) in [5.74, 6) is -0.805. The maximum atomic E-state index is 10.8. The number of nitrogens with one attached hydrogen (secondary N) is 1. The van der Waals surface area contributed by atoms with Crippen molar-refractivity contribution in [2.45, 2.75) is 38.3 Å². The SMILES string of the molecule is CCCNC(C(=O)O)C1CCCO1. The van der Waals surface area contributed by atoms with Crippen molar-refractivity contribution in [3.8, 4) is 0 Å². The lowest BCUT2D eigenvalue weighted by molar-refractivity contribution is -0.142. The van der Waals surface area contributed by atoms with Gasteiger partial charge in [0.2, 0.25) is 0 Å². The first-order valence-corrected chi connectivity index (χ1v) is 4.83. The average molecular weight is 187 g/mol. The van der Waals surface area contributed by atoms with Crippen LogP contribution in [0.25, 0.3) is 0 Å². The van der Waals surface area contributed by atoms with Crippen LogP contribution in [0.3, 0.4) is 0 Å². The quantitative estimate of drug-likeness (QED) is 0.662. The fourth-order valence-electron chi connectivity index (χ4n) is 1.54. The number of carboxylic acids is 1. The number of rotatable bonds is 5. The standard InChI is InChI=1S/C9H17NO3/c1-2-5-10-8(9(11)12)7-4-3-6-13-7/h7-8,10H,2-6H2,1H3,(H,11,12). The molecule has 0 radical (unpaired) electrons. The molecule has 0 bridgehead atoms. The molecular weight excluding hydrogens is 170 g/mol. The Hall–Kier alpha value is -0.610. The summed E-state index contributed by atoms with van der Waals surface area (Å²) in [5.41, 5.74) is 0. The first kappa shape index (κ1) is 10.5. The van der Waals surface area contributed by atoms with E-state index in [4.69, 9.17) is 9.84 Å². The van der Waals surface area contributed by atoms with Crippen molar-refractivity contribution in [2.24, 2.45) is 0 Å². The molecule has 0 aromatic heterocycles. The second kappa shape index (κ2) is 5.19. The molecule has 2 atom stereocenters. The molecule has 0 saturated carbocycles. The maximum Gasteiger partial charge on any atom is 0.323 e. The molecule has 2 N–H and O–H groups in total. The van der Waals surface area contributed by atoms with Crippen LogP contribution in [0.2, 0.25) is 0 Å². The first-order valence-electron chi connectivity index (χ1n) is 4.83. The van der Waals surface area contributed by atoms with E-state index in [1.165, 1.54) is 0 Å². The molecule has 0 aromatic rings. The van der Waals surface area contributed by atoms with Crippen molar-refractivity contribution in [1.29, 1.82) is 0 Å². The molecule has 0 aromatic carbocycles. The normalized spacial score (nSPS) is 24.5. The number of ether oxygens (including phenoxy) is 1. The molecule has 1 rings (SSSR count). The summed E-state index contributed by atoms with van der Waals surface area (Å²) in [4.78, 5) is 10.8. The van der Waals surface area contributed by atoms with Gasteiger partial charge < -0.3 is 15.2 Å². The lowest BCUT2D eigenvalue weighted by atomic mass is 10.1. The summed E-state index contributed by atoms with van der Waals surface area (Å²) in [7, 11) is 0. The zero-order valence-corrected chi connectivity index (χ0v) is 7.95. The lowest BCUT2D eigenvalue weighted by Gasteiger charge is -2.19. The molecule has 1 fully saturated rings. The highest BCUT2D eigenvalue weighted by Crippen LogP contribution is 2.15. The summed E-state index contributed by atoms with van der Waals surface area (Å²) in [6.07, 6.45) is 2.64. The van der Waals surface area contributed by atoms with Gasteiger partial charge in [-0.1, -0.05) is 6.92 Å². The molecule has 0 spiro atoms. The first-order chi connectivity index (χ1) is 6.25. The van der Waals surface area contributed by atoms with E-state index in [1.54, 1.807) is 0 Å². The van der Waals surface area contributed by atoms with Gasteiger partial charge in [-0.25, -0.2) is 0 Å². The van der Waals surface area contributed by atoms with Gasteiger partial charge in [-0.15, -0.1) is 0 Å². The zero-order valence-electron chi connectivity index (χ0n) is 7.95. The fourth-order valence-corrected chi connectivity index (χ4v) is 1.54. The third-order valence-electron chi connectivity index (χ3n) is 2.22. The van der Waals surface area contributed by atoms with Crippen molar-refractivity contribution in [3.63, 3.8) is 0 Å². The molecule has 4 heteroatoms. The van der Waals surface area contributed by atoms with Gasteiger partial charge in [0.1, 0.15) is 6.04 Å². The van der Waals surface area contributed by atoms with Crippen molar-refractivity contribution >= 4 is 5.97 Å². The smallest absolute Gasteiger partial charge is 0.323 e. The minimum atomic E-state index is -0.805. The van der Waals surface area contributed by atoms with Crippen LogP contribution < -0.4 is 5.32 Å². The predicted octanol–water partition coefficient (Wildman–Crippen LogP) is 0.618. The number of carboxylic acid groups (broad SMARTS) is 1. The number of hydrogen-bond donors (Lipinski definition) is 2. The van der Waals surface area contributed by atoms with Gasteiger partial charge in [-0.05, 0) is 25.8 Å². The van der Waals surface area contributed by atoms with Gasteiger partial charge >= 0.3 is 5.97 Å². The summed E-state index contributed by atoms with van der Waals surface area (Å²) < 4.78 is 5.33. The van der Waals surface area contributed by atoms with E-state index < -0.39 is 12.0 Å². The number of aliphatic carboxylic acids is 1. The highest BCUT2D eigenvalue weighted by atomic mass is 16.5. The molecule has 0 amide bonds. The Bertz CT molecular complexity index is 166. The summed E-state index contributed by atoms with van der Waals surface area (Å²) in [6, 6.07) is -0.526. The van der Waals surface area contributed by atoms with Crippen molar-refractivity contribution in [1.82, 2.24) is 5.32 Å². The van der Waals surface area contributed by atoms with Crippen LogP contribution in [0, 0.1) is 0 Å². The molecule has 13 heavy (non-hydrogen) atoms. The zero-order chi connectivity index (χ0) is 9.68. The second-order valence-electron chi connectivity index (χ2n) is 3.32. The fraction of sp³-hybridized carbons (Fsp3) is 0.889. The lowest BCUT2D eigenvalue weighted by Crippen LogP contribution is -2.46. The molecule has 1 heterocycles. The molecule has 1 aliphatic rings. The van der Waals surface area contributed by atoms with Crippen LogP contribution in [0.5, 0.6) is 0 Å². The van der Waals surface area contributed by atoms with Crippen LogP contribution >= 0.6 is 0 Å². The topological polar surface area (TPSA) is 58.6 Å². The van der Waals surface area contributed by atoms with Crippen LogP contribution in [-0.4, -0.2) is 36.4 Å². The molecule has 2 unspecified atom stereocenters. The van der Waals surface area contributed by atoms with E-state index in [9.17, 15) is 4.79 Å². The van der Waals surface area contributed by atoms with Gasteiger partial charge in [0.15, 0.2) is 0 Å². The van der Waals surface area contributed by atoms with E-state index >= 15 is 0 Å². The van der Waals surface area contributed by atoms with Gasteiger partial charge in [-0.3, -0.25) is 4.79 Å². The average Bonchev–Trinajstić information content (AvgIpc) is 2.57. The van der Waals surface area contributed by atoms with E-state index in [0.29, 0.717) is 6.61 Å². The van der Waals surface area contributed by atoms with E-state index in [2.05, 4.69) is 5.32 Å². The van der Waals surface area contributed by atoms with Crippen molar-refractivity contribution in [2.75, 3.05) is 13.2 Å². The highest BCUT2D eigenvalue weighted by Gasteiger charge is 2.30. The van der Waals surface area contributed by atoms with E-state index in [-0.39, 0.29) is 6.10 Å². The van der Waals surface area contributed by atoms with E-state index in [1.807, 2.05) is 6.92 Å². The summed E-state index contributed by atoms with van der Waals surface area (Å²) >= 11 is 0. The highest BCUT2D eigenvalue weighted by molar-refractivity contribution is 5.74. The summed E-state index contributed by atoms with van der Waals surface area (Å²) in [5, 5.41) is 11.9. The second-order valence-corrected chi connectivity index (χ2v) is 3.32. The third kappa shape index (κ3) is 2.97. The van der Waals surface area contributed by atoms with Gasteiger partial charge in [-0.2, -0.15) is 0 Å². The molecular formula is C9H17NO3. The Kier molecular flexibility index (Phi) is 4.18. The Morgan fingerprint density at radius 2 is 2.54 bits per heavy atom. The molecule has 76 valence electrons. The predicted molar refractivity (Wildman–Crippen MR) is 48.7 cm³/mol. The van der Waals surface area contributed by atoms with Gasteiger partial charge in [0.25, 0.3) is 0 Å². The monoisotopic (exact) mass is 187 g/mol. The summed E-state index contributed by atoms with van der Waals surface area (Å²) in [6.45, 7) is 3.44. The van der Waals surface area contributed by atoms with Crippen LogP contribution in [0.1, 0.15) is 26.2 Å². The van der Waals surface area contributed by atoms with E-state index in [0.717, 1.165) is 25.8 Å². The van der Waals surface area contributed by atoms with Crippen LogP contribution in [0.15, 0.2) is 0 Å².